The lowest BCUT2D eigenvalue weighted by molar-refractivity contribution is 0.0799. The van der Waals surface area contributed by atoms with Crippen LogP contribution in [0.25, 0.3) is 0 Å². The minimum Gasteiger partial charge on any atom is -0.394 e. The molecule has 0 saturated carbocycles. The Labute approximate surface area is 107 Å². The molecule has 0 radical (unpaired) electrons. The van der Waals surface area contributed by atoms with E-state index in [0.29, 0.717) is 23.6 Å². The van der Waals surface area contributed by atoms with Crippen LogP contribution in [0.2, 0.25) is 5.02 Å². The smallest absolute Gasteiger partial charge is 0.126 e. The maximum Gasteiger partial charge on any atom is 0.126 e. The van der Waals surface area contributed by atoms with Gasteiger partial charge >= 0.3 is 0 Å². The van der Waals surface area contributed by atoms with Gasteiger partial charge in [0.05, 0.1) is 6.61 Å². The number of halogens is 2. The van der Waals surface area contributed by atoms with E-state index in [-0.39, 0.29) is 18.0 Å². The lowest BCUT2D eigenvalue weighted by atomic mass is 10.0. The molecule has 0 unspecified atom stereocenters. The van der Waals surface area contributed by atoms with Crippen molar-refractivity contribution in [3.05, 3.63) is 34.6 Å². The fraction of sp³-hybridized carbons (Fsp3) is 0.538. The molecule has 1 aromatic rings. The molecule has 0 amide bonds. The second-order valence-corrected chi connectivity index (χ2v) is 5.31. The Morgan fingerprint density at radius 3 is 2.65 bits per heavy atom. The minimum atomic E-state index is -0.297. The summed E-state index contributed by atoms with van der Waals surface area (Å²) >= 11 is 5.83. The topological polar surface area (TPSA) is 23.5 Å². The van der Waals surface area contributed by atoms with Crippen molar-refractivity contribution in [3.8, 4) is 0 Å². The highest BCUT2D eigenvalue weighted by atomic mass is 35.5. The van der Waals surface area contributed by atoms with Crippen LogP contribution in [0, 0.1) is 5.82 Å². The van der Waals surface area contributed by atoms with Gasteiger partial charge in [-0.3, -0.25) is 4.90 Å². The third kappa shape index (κ3) is 3.95. The maximum absolute atomic E-state index is 13.5. The molecule has 1 aromatic carbocycles. The van der Waals surface area contributed by atoms with Crippen LogP contribution in [-0.4, -0.2) is 35.7 Å². The molecule has 0 aromatic heterocycles. The number of aliphatic hydroxyl groups excluding tert-OH is 1. The Balaban J connectivity index is 2.64. The SMILES string of the molecule is CN(CCc1cc(Cl)ccc1F)C(C)(C)CO. The number of benzene rings is 1. The van der Waals surface area contributed by atoms with Gasteiger partial charge in [-0.15, -0.1) is 0 Å². The minimum absolute atomic E-state index is 0.0710. The molecule has 4 heteroatoms. The van der Waals surface area contributed by atoms with Crippen molar-refractivity contribution >= 4 is 11.6 Å². The summed E-state index contributed by atoms with van der Waals surface area (Å²) < 4.78 is 13.5. The van der Waals surface area contributed by atoms with Crippen molar-refractivity contribution < 1.29 is 9.50 Å². The molecular weight excluding hydrogens is 241 g/mol. The number of rotatable bonds is 5. The monoisotopic (exact) mass is 259 g/mol. The van der Waals surface area contributed by atoms with Crippen molar-refractivity contribution in [2.24, 2.45) is 0 Å². The summed E-state index contributed by atoms with van der Waals surface area (Å²) in [6, 6.07) is 4.58. The number of nitrogens with zero attached hydrogens (tertiary/aromatic N) is 1. The number of hydrogen-bond acceptors (Lipinski definition) is 2. The predicted octanol–water partition coefficient (Wildman–Crippen LogP) is 2.72. The highest BCUT2D eigenvalue weighted by Crippen LogP contribution is 2.17. The zero-order chi connectivity index (χ0) is 13.1. The van der Waals surface area contributed by atoms with Gasteiger partial charge in [0.25, 0.3) is 0 Å². The molecule has 0 heterocycles. The molecule has 0 aliphatic heterocycles. The fourth-order valence-corrected chi connectivity index (χ4v) is 1.64. The zero-order valence-corrected chi connectivity index (χ0v) is 11.3. The first-order chi connectivity index (χ1) is 7.86. The van der Waals surface area contributed by atoms with Crippen molar-refractivity contribution in [2.75, 3.05) is 20.2 Å². The average molecular weight is 260 g/mol. The zero-order valence-electron chi connectivity index (χ0n) is 10.5. The van der Waals surface area contributed by atoms with E-state index in [0.717, 1.165) is 0 Å². The van der Waals surface area contributed by atoms with E-state index in [1.165, 1.54) is 6.07 Å². The third-order valence-electron chi connectivity index (χ3n) is 3.14. The average Bonchev–Trinajstić information content (AvgIpc) is 2.29. The molecule has 0 fully saturated rings. The highest BCUT2D eigenvalue weighted by molar-refractivity contribution is 6.30. The van der Waals surface area contributed by atoms with E-state index in [1.54, 1.807) is 12.1 Å². The standard InChI is InChI=1S/C13H19ClFNO/c1-13(2,9-17)16(3)7-6-10-8-11(14)4-5-12(10)15/h4-5,8,17H,6-7,9H2,1-3H3. The van der Waals surface area contributed by atoms with Crippen molar-refractivity contribution in [1.82, 2.24) is 4.90 Å². The number of aliphatic hydroxyl groups is 1. The van der Waals surface area contributed by atoms with Crippen molar-refractivity contribution in [3.63, 3.8) is 0 Å². The van der Waals surface area contributed by atoms with Gasteiger partial charge in [-0.1, -0.05) is 11.6 Å². The van der Waals surface area contributed by atoms with Gasteiger partial charge in [0.2, 0.25) is 0 Å². The summed E-state index contributed by atoms with van der Waals surface area (Å²) in [6.45, 7) is 4.63. The first-order valence-electron chi connectivity index (χ1n) is 5.63. The van der Waals surface area contributed by atoms with Crippen LogP contribution in [-0.2, 0) is 6.42 Å². The molecule has 0 spiro atoms. The molecule has 0 aliphatic rings. The molecule has 96 valence electrons. The predicted molar refractivity (Wildman–Crippen MR) is 68.9 cm³/mol. The first-order valence-corrected chi connectivity index (χ1v) is 6.00. The molecule has 0 aliphatic carbocycles. The van der Waals surface area contributed by atoms with Crippen LogP contribution in [0.5, 0.6) is 0 Å². The van der Waals surface area contributed by atoms with Gasteiger partial charge in [-0.25, -0.2) is 4.39 Å². The van der Waals surface area contributed by atoms with E-state index >= 15 is 0 Å². The van der Waals surface area contributed by atoms with E-state index in [9.17, 15) is 9.50 Å². The van der Waals surface area contributed by atoms with Gasteiger partial charge in [-0.2, -0.15) is 0 Å². The Morgan fingerprint density at radius 1 is 1.41 bits per heavy atom. The summed E-state index contributed by atoms with van der Waals surface area (Å²) in [5, 5.41) is 9.77. The van der Waals surface area contributed by atoms with E-state index in [1.807, 2.05) is 25.8 Å². The molecule has 0 atom stereocenters. The number of likely N-dealkylation sites (N-methyl/N-ethyl adjacent to an activating group) is 1. The Kier molecular flexibility index (Phi) is 4.92. The van der Waals surface area contributed by atoms with Crippen LogP contribution < -0.4 is 0 Å². The second-order valence-electron chi connectivity index (χ2n) is 4.88. The van der Waals surface area contributed by atoms with Crippen molar-refractivity contribution in [1.29, 1.82) is 0 Å². The van der Waals surface area contributed by atoms with E-state index < -0.39 is 0 Å². The molecule has 0 bridgehead atoms. The van der Waals surface area contributed by atoms with Crippen LogP contribution >= 0.6 is 11.6 Å². The van der Waals surface area contributed by atoms with Gasteiger partial charge in [0.15, 0.2) is 0 Å². The largest absolute Gasteiger partial charge is 0.394 e. The summed E-state index contributed by atoms with van der Waals surface area (Å²) in [5.41, 5.74) is 0.313. The van der Waals surface area contributed by atoms with Crippen LogP contribution in [0.15, 0.2) is 18.2 Å². The lowest BCUT2D eigenvalue weighted by Crippen LogP contribution is -2.45. The molecule has 0 saturated heterocycles. The second kappa shape index (κ2) is 5.80. The van der Waals surface area contributed by atoms with Gasteiger partial charge in [-0.05, 0) is 51.1 Å². The molecule has 17 heavy (non-hydrogen) atoms. The molecule has 1 rings (SSSR count). The van der Waals surface area contributed by atoms with Crippen LogP contribution in [0.4, 0.5) is 4.39 Å². The summed E-state index contributed by atoms with van der Waals surface area (Å²) in [5.74, 6) is -0.232. The van der Waals surface area contributed by atoms with Gasteiger partial charge < -0.3 is 5.11 Å². The summed E-state index contributed by atoms with van der Waals surface area (Å²) in [7, 11) is 1.92. The Bertz CT molecular complexity index is 382. The first kappa shape index (κ1) is 14.4. The Morgan fingerprint density at radius 2 is 2.06 bits per heavy atom. The molecule has 1 N–H and O–H groups in total. The van der Waals surface area contributed by atoms with Crippen LogP contribution in [0.3, 0.4) is 0 Å². The van der Waals surface area contributed by atoms with Crippen molar-refractivity contribution in [2.45, 2.75) is 25.8 Å². The normalized spacial score (nSPS) is 12.2. The molecule has 2 nitrogen and oxygen atoms in total. The molecular formula is C13H19ClFNO. The highest BCUT2D eigenvalue weighted by Gasteiger charge is 2.22. The summed E-state index contributed by atoms with van der Waals surface area (Å²) in [6.07, 6.45) is 0.576. The van der Waals surface area contributed by atoms with E-state index in [4.69, 9.17) is 11.6 Å². The third-order valence-corrected chi connectivity index (χ3v) is 3.38. The lowest BCUT2D eigenvalue weighted by Gasteiger charge is -2.33. The van der Waals surface area contributed by atoms with E-state index in [2.05, 4.69) is 0 Å². The van der Waals surface area contributed by atoms with Gasteiger partial charge in [0.1, 0.15) is 5.82 Å². The quantitative estimate of drug-likeness (QED) is 0.879. The van der Waals surface area contributed by atoms with Gasteiger partial charge in [0, 0.05) is 17.1 Å². The Hall–Kier alpha value is -0.640. The van der Waals surface area contributed by atoms with Crippen LogP contribution in [0.1, 0.15) is 19.4 Å². The number of hydrogen-bond donors (Lipinski definition) is 1. The summed E-state index contributed by atoms with van der Waals surface area (Å²) in [4.78, 5) is 2.01. The fourth-order valence-electron chi connectivity index (χ4n) is 1.45. The maximum atomic E-state index is 13.5.